The molecular weight excluding hydrogens is 232 g/mol. The molecule has 0 unspecified atom stereocenters. The third-order valence-corrected chi connectivity index (χ3v) is 3.03. The van der Waals surface area contributed by atoms with Gasteiger partial charge in [-0.15, -0.1) is 0 Å². The van der Waals surface area contributed by atoms with Crippen LogP contribution in [-0.2, 0) is 4.74 Å². The number of rotatable bonds is 5. The lowest BCUT2D eigenvalue weighted by Crippen LogP contribution is -2.23. The maximum atomic E-state index is 5.95. The van der Waals surface area contributed by atoms with Gasteiger partial charge in [0, 0.05) is 19.8 Å². The lowest BCUT2D eigenvalue weighted by molar-refractivity contribution is 0.0699. The van der Waals surface area contributed by atoms with Gasteiger partial charge in [0.1, 0.15) is 12.0 Å². The normalized spacial score (nSPS) is 16.5. The van der Waals surface area contributed by atoms with Crippen molar-refractivity contribution >= 4 is 11.5 Å². The molecule has 18 heavy (non-hydrogen) atoms. The van der Waals surface area contributed by atoms with E-state index < -0.39 is 0 Å². The van der Waals surface area contributed by atoms with Crippen molar-refractivity contribution < 1.29 is 9.47 Å². The van der Waals surface area contributed by atoms with Gasteiger partial charge in [0.15, 0.2) is 5.82 Å². The first-order chi connectivity index (χ1) is 8.81. The number of nitrogens with one attached hydrogen (secondary N) is 1. The van der Waals surface area contributed by atoms with Crippen molar-refractivity contribution in [1.29, 1.82) is 0 Å². The maximum absolute atomic E-state index is 5.95. The Labute approximate surface area is 107 Å². The Bertz CT molecular complexity index is 380. The van der Waals surface area contributed by atoms with Crippen molar-refractivity contribution in [1.82, 2.24) is 9.97 Å². The topological polar surface area (TPSA) is 82.3 Å². The van der Waals surface area contributed by atoms with Crippen LogP contribution in [0.25, 0.3) is 0 Å². The van der Waals surface area contributed by atoms with Gasteiger partial charge in [-0.3, -0.25) is 0 Å². The molecule has 3 N–H and O–H groups in total. The fraction of sp³-hybridized carbons (Fsp3) is 0.667. The molecule has 1 aromatic rings. The van der Waals surface area contributed by atoms with E-state index in [0.29, 0.717) is 29.9 Å². The molecule has 0 amide bonds. The van der Waals surface area contributed by atoms with E-state index in [1.807, 2.05) is 6.92 Å². The molecule has 2 rings (SSSR count). The summed E-state index contributed by atoms with van der Waals surface area (Å²) in [5.41, 5.74) is 6.43. The van der Waals surface area contributed by atoms with Gasteiger partial charge in [-0.05, 0) is 25.7 Å². The summed E-state index contributed by atoms with van der Waals surface area (Å²) in [6.45, 7) is 4.99. The zero-order valence-electron chi connectivity index (χ0n) is 10.7. The van der Waals surface area contributed by atoms with Crippen molar-refractivity contribution in [2.24, 2.45) is 5.92 Å². The Morgan fingerprint density at radius 1 is 1.44 bits per heavy atom. The predicted molar refractivity (Wildman–Crippen MR) is 69.6 cm³/mol. The number of anilines is 2. The van der Waals surface area contributed by atoms with Crippen LogP contribution in [-0.4, -0.2) is 36.3 Å². The second-order valence-electron chi connectivity index (χ2n) is 4.31. The van der Waals surface area contributed by atoms with Crippen LogP contribution < -0.4 is 15.8 Å². The van der Waals surface area contributed by atoms with Crippen molar-refractivity contribution in [3.63, 3.8) is 0 Å². The molecule has 1 aliphatic heterocycles. The van der Waals surface area contributed by atoms with Crippen LogP contribution in [0.1, 0.15) is 19.8 Å². The lowest BCUT2D eigenvalue weighted by atomic mass is 10.0. The number of nitrogen functional groups attached to an aromatic ring is 1. The molecule has 1 saturated heterocycles. The van der Waals surface area contributed by atoms with Gasteiger partial charge >= 0.3 is 0 Å². The monoisotopic (exact) mass is 252 g/mol. The van der Waals surface area contributed by atoms with Crippen LogP contribution in [0.2, 0.25) is 0 Å². The number of hydrogen-bond donors (Lipinski definition) is 2. The Morgan fingerprint density at radius 2 is 2.22 bits per heavy atom. The summed E-state index contributed by atoms with van der Waals surface area (Å²) in [6, 6.07) is 0. The maximum Gasteiger partial charge on any atom is 0.242 e. The van der Waals surface area contributed by atoms with E-state index in [4.69, 9.17) is 15.2 Å². The van der Waals surface area contributed by atoms with Gasteiger partial charge < -0.3 is 20.5 Å². The molecule has 1 aliphatic rings. The van der Waals surface area contributed by atoms with E-state index in [1.165, 1.54) is 6.33 Å². The highest BCUT2D eigenvalue weighted by Gasteiger charge is 2.15. The minimum Gasteiger partial charge on any atom is -0.476 e. The van der Waals surface area contributed by atoms with Gasteiger partial charge in [-0.25, -0.2) is 4.98 Å². The van der Waals surface area contributed by atoms with Crippen molar-refractivity contribution in [3.8, 4) is 5.88 Å². The molecule has 1 fully saturated rings. The van der Waals surface area contributed by atoms with E-state index in [9.17, 15) is 0 Å². The SMILES string of the molecule is CCOc1ncnc(NCC2CCOCC2)c1N. The summed E-state index contributed by atoms with van der Waals surface area (Å²) in [5.74, 6) is 1.71. The van der Waals surface area contributed by atoms with Gasteiger partial charge in [0.25, 0.3) is 0 Å². The summed E-state index contributed by atoms with van der Waals surface area (Å²) >= 11 is 0. The minimum absolute atomic E-state index is 0.446. The Balaban J connectivity index is 1.93. The molecule has 0 bridgehead atoms. The van der Waals surface area contributed by atoms with Crippen LogP contribution in [0, 0.1) is 5.92 Å². The Hall–Kier alpha value is -1.56. The largest absolute Gasteiger partial charge is 0.476 e. The average molecular weight is 252 g/mol. The third kappa shape index (κ3) is 3.22. The van der Waals surface area contributed by atoms with Crippen molar-refractivity contribution in [2.75, 3.05) is 37.4 Å². The van der Waals surface area contributed by atoms with E-state index in [1.54, 1.807) is 0 Å². The Morgan fingerprint density at radius 3 is 2.94 bits per heavy atom. The molecule has 2 heterocycles. The molecule has 6 nitrogen and oxygen atoms in total. The third-order valence-electron chi connectivity index (χ3n) is 3.03. The molecule has 0 radical (unpaired) electrons. The molecular formula is C12H20N4O2. The molecule has 0 saturated carbocycles. The van der Waals surface area contributed by atoms with Crippen LogP contribution in [0.5, 0.6) is 5.88 Å². The van der Waals surface area contributed by atoms with Crippen molar-refractivity contribution in [3.05, 3.63) is 6.33 Å². The molecule has 100 valence electrons. The van der Waals surface area contributed by atoms with Crippen molar-refractivity contribution in [2.45, 2.75) is 19.8 Å². The lowest BCUT2D eigenvalue weighted by Gasteiger charge is -2.22. The number of ether oxygens (including phenoxy) is 2. The van der Waals surface area contributed by atoms with E-state index in [0.717, 1.165) is 32.6 Å². The fourth-order valence-electron chi connectivity index (χ4n) is 1.96. The van der Waals surface area contributed by atoms with Gasteiger partial charge in [-0.1, -0.05) is 0 Å². The number of nitrogens with two attached hydrogens (primary N) is 1. The first kappa shape index (κ1) is 12.9. The summed E-state index contributed by atoms with van der Waals surface area (Å²) in [4.78, 5) is 8.15. The second-order valence-corrected chi connectivity index (χ2v) is 4.31. The molecule has 1 aromatic heterocycles. The number of nitrogens with zero attached hydrogens (tertiary/aromatic N) is 2. The first-order valence-electron chi connectivity index (χ1n) is 6.36. The quantitative estimate of drug-likeness (QED) is 0.822. The zero-order chi connectivity index (χ0) is 12.8. The first-order valence-corrected chi connectivity index (χ1v) is 6.36. The van der Waals surface area contributed by atoms with Gasteiger partial charge in [-0.2, -0.15) is 4.98 Å². The highest BCUT2D eigenvalue weighted by atomic mass is 16.5. The molecule has 0 aromatic carbocycles. The molecule has 0 spiro atoms. The summed E-state index contributed by atoms with van der Waals surface area (Å²) in [5, 5.41) is 3.27. The fourth-order valence-corrected chi connectivity index (χ4v) is 1.96. The molecule has 6 heteroatoms. The number of hydrogen-bond acceptors (Lipinski definition) is 6. The zero-order valence-corrected chi connectivity index (χ0v) is 10.7. The number of aromatic nitrogens is 2. The van der Waals surface area contributed by atoms with Gasteiger partial charge in [0.05, 0.1) is 6.61 Å². The summed E-state index contributed by atoms with van der Waals surface area (Å²) < 4.78 is 10.7. The summed E-state index contributed by atoms with van der Waals surface area (Å²) in [6.07, 6.45) is 3.63. The predicted octanol–water partition coefficient (Wildman–Crippen LogP) is 1.30. The van der Waals surface area contributed by atoms with E-state index in [2.05, 4.69) is 15.3 Å². The highest BCUT2D eigenvalue weighted by Crippen LogP contribution is 2.25. The van der Waals surface area contributed by atoms with Crippen LogP contribution in [0.15, 0.2) is 6.33 Å². The standard InChI is InChI=1S/C12H20N4O2/c1-2-18-12-10(13)11(15-8-16-12)14-7-9-3-5-17-6-4-9/h8-9H,2-7,13H2,1H3,(H,14,15,16). The smallest absolute Gasteiger partial charge is 0.242 e. The van der Waals surface area contributed by atoms with Crippen LogP contribution in [0.4, 0.5) is 11.5 Å². The second kappa shape index (κ2) is 6.39. The highest BCUT2D eigenvalue weighted by molar-refractivity contribution is 5.66. The average Bonchev–Trinajstić information content (AvgIpc) is 2.41. The van der Waals surface area contributed by atoms with Crippen LogP contribution >= 0.6 is 0 Å². The van der Waals surface area contributed by atoms with Gasteiger partial charge in [0.2, 0.25) is 5.88 Å². The Kier molecular flexibility index (Phi) is 4.58. The molecule has 0 aliphatic carbocycles. The summed E-state index contributed by atoms with van der Waals surface area (Å²) in [7, 11) is 0. The van der Waals surface area contributed by atoms with E-state index in [-0.39, 0.29) is 0 Å². The van der Waals surface area contributed by atoms with Crippen LogP contribution in [0.3, 0.4) is 0 Å². The van der Waals surface area contributed by atoms with E-state index >= 15 is 0 Å². The minimum atomic E-state index is 0.446. The molecule has 0 atom stereocenters.